The molecule has 118 valence electrons. The molecule has 0 amide bonds. The number of nitrogens with zero attached hydrogens (tertiary/aromatic N) is 2. The lowest BCUT2D eigenvalue weighted by atomic mass is 10.0. The highest BCUT2D eigenvalue weighted by Crippen LogP contribution is 2.28. The highest BCUT2D eigenvalue weighted by molar-refractivity contribution is 7.17. The molecule has 0 aromatic carbocycles. The lowest BCUT2D eigenvalue weighted by molar-refractivity contribution is -0.922. The van der Waals surface area contributed by atoms with E-state index in [1.54, 1.807) is 22.3 Å². The van der Waals surface area contributed by atoms with E-state index in [-0.39, 0.29) is 5.56 Å². The molecule has 2 aromatic rings. The number of likely N-dealkylation sites (tertiary alicyclic amines) is 1. The highest BCUT2D eigenvalue weighted by atomic mass is 32.1. The minimum absolute atomic E-state index is 0.129. The number of aromatic nitrogens is 2. The number of rotatable bonds is 2. The molecule has 22 heavy (non-hydrogen) atoms. The smallest absolute Gasteiger partial charge is 0.259 e. The molecule has 1 unspecified atom stereocenters. The molecule has 2 atom stereocenters. The van der Waals surface area contributed by atoms with E-state index < -0.39 is 0 Å². The van der Waals surface area contributed by atoms with Gasteiger partial charge in [-0.15, -0.1) is 11.3 Å². The van der Waals surface area contributed by atoms with Crippen LogP contribution in [0.25, 0.3) is 4.96 Å². The van der Waals surface area contributed by atoms with Crippen molar-refractivity contribution in [3.63, 3.8) is 0 Å². The fourth-order valence-electron chi connectivity index (χ4n) is 4.05. The lowest BCUT2D eigenvalue weighted by Crippen LogP contribution is -3.12. The Kier molecular flexibility index (Phi) is 3.78. The molecule has 3 heterocycles. The average Bonchev–Trinajstić information content (AvgIpc) is 2.85. The number of hydrogen-bond acceptors (Lipinski definition) is 3. The fourth-order valence-corrected chi connectivity index (χ4v) is 5.28. The van der Waals surface area contributed by atoms with Crippen molar-refractivity contribution in [1.82, 2.24) is 9.38 Å². The molecule has 2 aromatic heterocycles. The maximum absolute atomic E-state index is 12.6. The van der Waals surface area contributed by atoms with Crippen LogP contribution in [-0.4, -0.2) is 22.5 Å². The van der Waals surface area contributed by atoms with Crippen LogP contribution in [-0.2, 0) is 19.4 Å². The van der Waals surface area contributed by atoms with Crippen LogP contribution in [0.1, 0.15) is 48.9 Å². The number of hydrogen-bond donors (Lipinski definition) is 1. The molecule has 1 aliphatic heterocycles. The van der Waals surface area contributed by atoms with Crippen LogP contribution < -0.4 is 10.5 Å². The summed E-state index contributed by atoms with van der Waals surface area (Å²) in [4.78, 5) is 21.3. The Hall–Kier alpha value is -1.20. The second kappa shape index (κ2) is 5.78. The standard InChI is InChI=1S/C17H23N3OS/c1-12-5-4-8-19(10-12)11-13-9-16(21)20-14-6-2-3-7-15(14)22-17(20)18-13/h9,12H,2-8,10-11H2,1H3/p+1/t12-/m0/s1. The third kappa shape index (κ3) is 2.61. The Morgan fingerprint density at radius 1 is 1.36 bits per heavy atom. The Labute approximate surface area is 134 Å². The monoisotopic (exact) mass is 318 g/mol. The van der Waals surface area contributed by atoms with Gasteiger partial charge in [0.1, 0.15) is 12.2 Å². The normalized spacial score (nSPS) is 25.3. The predicted octanol–water partition coefficient (Wildman–Crippen LogP) is 1.45. The zero-order valence-electron chi connectivity index (χ0n) is 13.2. The minimum atomic E-state index is 0.129. The van der Waals surface area contributed by atoms with Gasteiger partial charge in [-0.2, -0.15) is 0 Å². The van der Waals surface area contributed by atoms with Gasteiger partial charge in [-0.1, -0.05) is 6.92 Å². The van der Waals surface area contributed by atoms with E-state index in [4.69, 9.17) is 4.98 Å². The van der Waals surface area contributed by atoms with E-state index in [0.29, 0.717) is 0 Å². The van der Waals surface area contributed by atoms with E-state index in [1.807, 2.05) is 4.40 Å². The van der Waals surface area contributed by atoms with Crippen molar-refractivity contribution in [1.29, 1.82) is 0 Å². The highest BCUT2D eigenvalue weighted by Gasteiger charge is 2.22. The predicted molar refractivity (Wildman–Crippen MR) is 88.8 cm³/mol. The number of fused-ring (bicyclic) bond motifs is 3. The SMILES string of the molecule is C[C@H]1CCC[NH+](Cc2cc(=O)n3c4c(sc3n2)CCCC4)C1. The molecule has 5 heteroatoms. The summed E-state index contributed by atoms with van der Waals surface area (Å²) in [6.07, 6.45) is 7.24. The molecule has 1 saturated heterocycles. The van der Waals surface area contributed by atoms with Gasteiger partial charge in [0.2, 0.25) is 0 Å². The molecule has 0 saturated carbocycles. The van der Waals surface area contributed by atoms with Gasteiger partial charge in [0.25, 0.3) is 5.56 Å². The van der Waals surface area contributed by atoms with Crippen LogP contribution in [0.4, 0.5) is 0 Å². The molecule has 2 aliphatic rings. The van der Waals surface area contributed by atoms with Crippen LogP contribution in [0.5, 0.6) is 0 Å². The molecule has 4 nitrogen and oxygen atoms in total. The molecule has 1 aliphatic carbocycles. The summed E-state index contributed by atoms with van der Waals surface area (Å²) in [5.41, 5.74) is 2.34. The van der Waals surface area contributed by atoms with Crippen LogP contribution in [0, 0.1) is 5.92 Å². The van der Waals surface area contributed by atoms with Gasteiger partial charge in [-0.25, -0.2) is 4.98 Å². The van der Waals surface area contributed by atoms with Gasteiger partial charge < -0.3 is 4.90 Å². The number of nitrogens with one attached hydrogen (secondary N) is 1. The van der Waals surface area contributed by atoms with Gasteiger partial charge in [0.05, 0.1) is 13.1 Å². The zero-order chi connectivity index (χ0) is 15.1. The summed E-state index contributed by atoms with van der Waals surface area (Å²) in [6, 6.07) is 1.78. The molecule has 0 radical (unpaired) electrons. The van der Waals surface area contributed by atoms with Crippen molar-refractivity contribution in [3.05, 3.63) is 32.7 Å². The van der Waals surface area contributed by atoms with Gasteiger partial charge >= 0.3 is 0 Å². The van der Waals surface area contributed by atoms with E-state index in [9.17, 15) is 4.79 Å². The maximum Gasteiger partial charge on any atom is 0.259 e. The molecule has 1 fully saturated rings. The first-order valence-corrected chi connectivity index (χ1v) is 9.39. The fraction of sp³-hybridized carbons (Fsp3) is 0.647. The first kappa shape index (κ1) is 14.4. The van der Waals surface area contributed by atoms with E-state index in [0.717, 1.165) is 36.0 Å². The average molecular weight is 318 g/mol. The van der Waals surface area contributed by atoms with Crippen molar-refractivity contribution in [2.75, 3.05) is 13.1 Å². The summed E-state index contributed by atoms with van der Waals surface area (Å²) < 4.78 is 1.87. The van der Waals surface area contributed by atoms with Crippen molar-refractivity contribution < 1.29 is 4.90 Å². The van der Waals surface area contributed by atoms with Gasteiger partial charge in [-0.3, -0.25) is 9.20 Å². The third-order valence-corrected chi connectivity index (χ3v) is 6.25. The third-order valence-electron chi connectivity index (χ3n) is 5.11. The second-order valence-corrected chi connectivity index (χ2v) is 8.07. The molecule has 0 spiro atoms. The molecule has 4 rings (SSSR count). The first-order chi connectivity index (χ1) is 10.7. The maximum atomic E-state index is 12.6. The summed E-state index contributed by atoms with van der Waals surface area (Å²) >= 11 is 1.73. The summed E-state index contributed by atoms with van der Waals surface area (Å²) in [7, 11) is 0. The number of piperidine rings is 1. The van der Waals surface area contributed by atoms with Crippen LogP contribution in [0.15, 0.2) is 10.9 Å². The molecular weight excluding hydrogens is 294 g/mol. The minimum Gasteiger partial charge on any atom is -0.330 e. The molecule has 1 N–H and O–H groups in total. The van der Waals surface area contributed by atoms with Crippen LogP contribution in [0.2, 0.25) is 0 Å². The van der Waals surface area contributed by atoms with Gasteiger partial charge in [0.15, 0.2) is 4.96 Å². The van der Waals surface area contributed by atoms with Crippen molar-refractivity contribution in [2.24, 2.45) is 5.92 Å². The summed E-state index contributed by atoms with van der Waals surface area (Å²) in [5, 5.41) is 0. The second-order valence-electron chi connectivity index (χ2n) is 7.01. The summed E-state index contributed by atoms with van der Waals surface area (Å²) in [5.74, 6) is 0.794. The van der Waals surface area contributed by atoms with Crippen LogP contribution in [0.3, 0.4) is 0 Å². The van der Waals surface area contributed by atoms with Crippen molar-refractivity contribution in [3.8, 4) is 0 Å². The number of thiazole rings is 1. The molecular formula is C17H24N3OS+. The lowest BCUT2D eigenvalue weighted by Gasteiger charge is -2.27. The largest absolute Gasteiger partial charge is 0.330 e. The Morgan fingerprint density at radius 2 is 2.23 bits per heavy atom. The first-order valence-electron chi connectivity index (χ1n) is 8.57. The van der Waals surface area contributed by atoms with E-state index in [2.05, 4.69) is 6.92 Å². The Morgan fingerprint density at radius 3 is 3.09 bits per heavy atom. The zero-order valence-corrected chi connectivity index (χ0v) is 14.0. The number of quaternary nitrogens is 1. The quantitative estimate of drug-likeness (QED) is 0.910. The number of aryl methyl sites for hydroxylation is 2. The van der Waals surface area contributed by atoms with Crippen molar-refractivity contribution >= 4 is 16.3 Å². The Balaban J connectivity index is 1.67. The Bertz CT molecular complexity index is 748. The topological polar surface area (TPSA) is 38.8 Å². The van der Waals surface area contributed by atoms with Gasteiger partial charge in [0, 0.05) is 22.6 Å². The van der Waals surface area contributed by atoms with Crippen molar-refractivity contribution in [2.45, 2.75) is 52.0 Å². The van der Waals surface area contributed by atoms with E-state index >= 15 is 0 Å². The van der Waals surface area contributed by atoms with Crippen LogP contribution >= 0.6 is 11.3 Å². The molecule has 0 bridgehead atoms. The van der Waals surface area contributed by atoms with E-state index in [1.165, 1.54) is 49.3 Å². The summed E-state index contributed by atoms with van der Waals surface area (Å²) in [6.45, 7) is 5.66. The van der Waals surface area contributed by atoms with Gasteiger partial charge in [-0.05, 0) is 38.5 Å².